The predicted molar refractivity (Wildman–Crippen MR) is 43.3 cm³/mol. The van der Waals surface area contributed by atoms with Gasteiger partial charge in [-0.2, -0.15) is 0 Å². The van der Waals surface area contributed by atoms with Gasteiger partial charge in [-0.1, -0.05) is 13.8 Å². The molecule has 6 rings (SSSR count). The van der Waals surface area contributed by atoms with Crippen LogP contribution in [-0.2, 0) is 4.74 Å². The molecule has 0 N–H and O–H groups in total. The van der Waals surface area contributed by atoms with Crippen molar-refractivity contribution < 1.29 is 4.74 Å². The molecule has 4 atom stereocenters. The van der Waals surface area contributed by atoms with E-state index >= 15 is 0 Å². The fourth-order valence-electron chi connectivity index (χ4n) is 3.81. The molecular weight excluding hydrogens is 136 g/mol. The Morgan fingerprint density at radius 3 is 2.18 bits per heavy atom. The first-order valence-electron chi connectivity index (χ1n) is 4.72. The zero-order valence-corrected chi connectivity index (χ0v) is 7.55. The minimum Gasteiger partial charge on any atom is -0.371 e. The molecule has 6 aliphatic rings. The summed E-state index contributed by atoms with van der Waals surface area (Å²) >= 11 is 0. The highest BCUT2D eigenvalue weighted by Crippen LogP contribution is 2.70. The Balaban J connectivity index is 2.00. The molecule has 1 heteroatoms. The highest BCUT2D eigenvalue weighted by molar-refractivity contribution is 5.18. The number of ether oxygens (including phenoxy) is 1. The molecule has 0 radical (unpaired) electrons. The summed E-state index contributed by atoms with van der Waals surface area (Å²) in [5.41, 5.74) is 0.874. The third-order valence-electron chi connectivity index (χ3n) is 4.56. The first kappa shape index (κ1) is 6.47. The normalized spacial score (nSPS) is 63.0. The second kappa shape index (κ2) is 1.39. The summed E-state index contributed by atoms with van der Waals surface area (Å²) in [4.78, 5) is 0. The molecule has 4 bridgehead atoms. The van der Waals surface area contributed by atoms with Crippen LogP contribution in [0.2, 0.25) is 0 Å². The average molecular weight is 152 g/mol. The Kier molecular flexibility index (Phi) is 0.820. The van der Waals surface area contributed by atoms with Gasteiger partial charge in [-0.05, 0) is 30.6 Å². The van der Waals surface area contributed by atoms with Crippen molar-refractivity contribution in [2.24, 2.45) is 17.3 Å². The number of hydrogen-bond donors (Lipinski definition) is 0. The molecule has 0 aromatic rings. The molecule has 6 fully saturated rings. The molecular formula is C10H16O. The van der Waals surface area contributed by atoms with E-state index in [1.165, 1.54) is 12.8 Å². The Labute approximate surface area is 68.1 Å². The van der Waals surface area contributed by atoms with Crippen LogP contribution in [0, 0.1) is 17.3 Å². The zero-order valence-electron chi connectivity index (χ0n) is 7.55. The van der Waals surface area contributed by atoms with E-state index in [0.717, 1.165) is 11.8 Å². The fraction of sp³-hybridized carbons (Fsp3) is 1.00. The van der Waals surface area contributed by atoms with E-state index < -0.39 is 0 Å². The Bertz CT molecular complexity index is 208. The second-order valence-electron chi connectivity index (χ2n) is 5.39. The minimum absolute atomic E-state index is 0.281. The van der Waals surface area contributed by atoms with Gasteiger partial charge >= 0.3 is 0 Å². The van der Waals surface area contributed by atoms with E-state index in [9.17, 15) is 0 Å². The third kappa shape index (κ3) is 0.488. The van der Waals surface area contributed by atoms with Crippen molar-refractivity contribution in [2.75, 3.05) is 0 Å². The van der Waals surface area contributed by atoms with Gasteiger partial charge < -0.3 is 4.74 Å². The molecule has 3 saturated heterocycles. The zero-order chi connectivity index (χ0) is 7.85. The number of hydrogen-bond acceptors (Lipinski definition) is 1. The topological polar surface area (TPSA) is 9.23 Å². The molecule has 3 heterocycles. The van der Waals surface area contributed by atoms with Crippen LogP contribution in [0.15, 0.2) is 0 Å². The summed E-state index contributed by atoms with van der Waals surface area (Å²) in [5, 5.41) is 0. The summed E-state index contributed by atoms with van der Waals surface area (Å²) in [6, 6.07) is 0. The molecule has 0 aromatic heterocycles. The van der Waals surface area contributed by atoms with Crippen LogP contribution in [0.4, 0.5) is 0 Å². The highest BCUT2D eigenvalue weighted by Gasteiger charge is 2.70. The van der Waals surface area contributed by atoms with Gasteiger partial charge in [0.2, 0.25) is 0 Å². The van der Waals surface area contributed by atoms with Crippen LogP contribution in [-0.4, -0.2) is 11.7 Å². The van der Waals surface area contributed by atoms with Crippen LogP contribution in [0.25, 0.3) is 0 Å². The van der Waals surface area contributed by atoms with Gasteiger partial charge in [0.25, 0.3) is 0 Å². The van der Waals surface area contributed by atoms with Crippen molar-refractivity contribution in [1.29, 1.82) is 0 Å². The van der Waals surface area contributed by atoms with Crippen LogP contribution in [0.3, 0.4) is 0 Å². The molecule has 3 aliphatic heterocycles. The van der Waals surface area contributed by atoms with Crippen LogP contribution >= 0.6 is 0 Å². The Hall–Kier alpha value is -0.0400. The first-order chi connectivity index (χ1) is 5.04. The standard InChI is InChI=1S/C10H16O/c1-9(2)6-4-8(9)10(3)5-7(6)11-10/h6-8H,4-5H2,1-3H3. The molecule has 11 heavy (non-hydrogen) atoms. The van der Waals surface area contributed by atoms with Gasteiger partial charge in [-0.3, -0.25) is 0 Å². The van der Waals surface area contributed by atoms with Gasteiger partial charge in [0.15, 0.2) is 0 Å². The summed E-state index contributed by atoms with van der Waals surface area (Å²) in [5.74, 6) is 1.74. The smallest absolute Gasteiger partial charge is 0.0716 e. The summed E-state index contributed by atoms with van der Waals surface area (Å²) in [7, 11) is 0. The third-order valence-corrected chi connectivity index (χ3v) is 4.56. The first-order valence-corrected chi connectivity index (χ1v) is 4.72. The lowest BCUT2D eigenvalue weighted by Crippen LogP contribution is -2.75. The lowest BCUT2D eigenvalue weighted by Gasteiger charge is -2.74. The molecule has 4 unspecified atom stereocenters. The maximum Gasteiger partial charge on any atom is 0.0716 e. The Morgan fingerprint density at radius 1 is 1.27 bits per heavy atom. The maximum absolute atomic E-state index is 5.86. The van der Waals surface area contributed by atoms with Crippen LogP contribution < -0.4 is 0 Å². The van der Waals surface area contributed by atoms with Crippen molar-refractivity contribution in [2.45, 2.75) is 45.3 Å². The van der Waals surface area contributed by atoms with Crippen molar-refractivity contribution in [3.63, 3.8) is 0 Å². The fourth-order valence-corrected chi connectivity index (χ4v) is 3.81. The van der Waals surface area contributed by atoms with E-state index in [-0.39, 0.29) is 5.60 Å². The van der Waals surface area contributed by atoms with E-state index in [0.29, 0.717) is 11.5 Å². The summed E-state index contributed by atoms with van der Waals surface area (Å²) < 4.78 is 5.86. The van der Waals surface area contributed by atoms with Crippen molar-refractivity contribution in [3.8, 4) is 0 Å². The molecule has 0 aromatic carbocycles. The molecule has 0 amide bonds. The van der Waals surface area contributed by atoms with E-state index in [4.69, 9.17) is 4.74 Å². The average Bonchev–Trinajstić information content (AvgIpc) is 1.83. The summed E-state index contributed by atoms with van der Waals surface area (Å²) in [6.45, 7) is 7.13. The van der Waals surface area contributed by atoms with E-state index in [1.807, 2.05) is 0 Å². The van der Waals surface area contributed by atoms with Crippen molar-refractivity contribution in [1.82, 2.24) is 0 Å². The van der Waals surface area contributed by atoms with Gasteiger partial charge in [0, 0.05) is 6.42 Å². The molecule has 1 nitrogen and oxygen atoms in total. The van der Waals surface area contributed by atoms with E-state index in [1.54, 1.807) is 0 Å². The maximum atomic E-state index is 5.86. The predicted octanol–water partition coefficient (Wildman–Crippen LogP) is 2.21. The highest BCUT2D eigenvalue weighted by atomic mass is 16.5. The van der Waals surface area contributed by atoms with Gasteiger partial charge in [0.1, 0.15) is 0 Å². The molecule has 3 saturated carbocycles. The molecule has 3 aliphatic carbocycles. The largest absolute Gasteiger partial charge is 0.371 e. The SMILES string of the molecule is CC12CC(O1)C1CC2C1(C)C. The lowest BCUT2D eigenvalue weighted by molar-refractivity contribution is -0.374. The second-order valence-corrected chi connectivity index (χ2v) is 5.39. The minimum atomic E-state index is 0.281. The van der Waals surface area contributed by atoms with Crippen molar-refractivity contribution >= 4 is 0 Å². The lowest BCUT2D eigenvalue weighted by atomic mass is 9.41. The molecule has 0 spiro atoms. The number of rotatable bonds is 0. The Morgan fingerprint density at radius 2 is 1.91 bits per heavy atom. The van der Waals surface area contributed by atoms with Gasteiger partial charge in [-0.15, -0.1) is 0 Å². The monoisotopic (exact) mass is 152 g/mol. The molecule has 62 valence electrons. The van der Waals surface area contributed by atoms with E-state index in [2.05, 4.69) is 20.8 Å². The quantitative estimate of drug-likeness (QED) is 0.517. The van der Waals surface area contributed by atoms with Gasteiger partial charge in [-0.25, -0.2) is 0 Å². The van der Waals surface area contributed by atoms with Crippen molar-refractivity contribution in [3.05, 3.63) is 0 Å². The van der Waals surface area contributed by atoms with Gasteiger partial charge in [0.05, 0.1) is 11.7 Å². The summed E-state index contributed by atoms with van der Waals surface area (Å²) in [6.07, 6.45) is 3.40. The van der Waals surface area contributed by atoms with Crippen LogP contribution in [0.1, 0.15) is 33.6 Å². The van der Waals surface area contributed by atoms with Crippen LogP contribution in [0.5, 0.6) is 0 Å².